The fourth-order valence-corrected chi connectivity index (χ4v) is 4.37. The average Bonchev–Trinajstić information content (AvgIpc) is 2.95. The average molecular weight is 445 g/mol. The van der Waals surface area contributed by atoms with Gasteiger partial charge in [0.1, 0.15) is 5.75 Å². The Bertz CT molecular complexity index is 679. The summed E-state index contributed by atoms with van der Waals surface area (Å²) in [5, 5.41) is 20.1. The lowest BCUT2D eigenvalue weighted by atomic mass is 9.92. The molecule has 1 saturated carbocycles. The van der Waals surface area contributed by atoms with Crippen LogP contribution in [0.1, 0.15) is 44.6 Å². The summed E-state index contributed by atoms with van der Waals surface area (Å²) in [6, 6.07) is 5.12. The summed E-state index contributed by atoms with van der Waals surface area (Å²) in [5.74, 6) is 0.422. The van der Waals surface area contributed by atoms with Crippen molar-refractivity contribution >= 4 is 29.2 Å². The van der Waals surface area contributed by atoms with E-state index in [0.29, 0.717) is 42.4 Å². The van der Waals surface area contributed by atoms with Crippen LogP contribution in [0.25, 0.3) is 0 Å². The molecule has 0 bridgehead atoms. The molecule has 0 radical (unpaired) electrons. The second-order valence-electron chi connectivity index (χ2n) is 7.32. The molecule has 1 aliphatic carbocycles. The zero-order valence-electron chi connectivity index (χ0n) is 16.7. The summed E-state index contributed by atoms with van der Waals surface area (Å²) in [6.45, 7) is 2.43. The molecule has 0 heterocycles. The van der Waals surface area contributed by atoms with E-state index >= 15 is 0 Å². The molecule has 0 spiro atoms. The number of aliphatic hydroxyl groups excluding tert-OH is 2. The van der Waals surface area contributed by atoms with Gasteiger partial charge < -0.3 is 19.7 Å². The van der Waals surface area contributed by atoms with Crippen LogP contribution >= 0.6 is 23.2 Å². The number of rotatable bonds is 11. The number of hydrogen-bond acceptors (Lipinski definition) is 5. The Balaban J connectivity index is 1.84. The summed E-state index contributed by atoms with van der Waals surface area (Å²) < 4.78 is 10.8. The highest BCUT2D eigenvalue weighted by Gasteiger charge is 2.41. The largest absolute Gasteiger partial charge is 0.493 e. The first-order valence-electron chi connectivity index (χ1n) is 10.1. The Labute approximate surface area is 182 Å². The van der Waals surface area contributed by atoms with Crippen molar-refractivity contribution in [1.82, 2.24) is 0 Å². The molecular formula is C22H30Cl2O5. The number of ether oxygens (including phenoxy) is 2. The van der Waals surface area contributed by atoms with Crippen LogP contribution in [-0.4, -0.2) is 40.9 Å². The predicted molar refractivity (Wildman–Crippen MR) is 114 cm³/mol. The smallest absolute Gasteiger partial charge is 0.305 e. The van der Waals surface area contributed by atoms with Gasteiger partial charge >= 0.3 is 5.97 Å². The van der Waals surface area contributed by atoms with Crippen molar-refractivity contribution in [2.45, 2.75) is 57.1 Å². The molecule has 0 unspecified atom stereocenters. The monoisotopic (exact) mass is 444 g/mol. The standard InChI is InChI=1S/C22H30Cl2O5/c1-2-28-22(27)8-6-4-3-5-7-18-19(21(26)12-20(18)24)14-29-17-10-15(13-25)9-16(23)11-17/h3,5,9-11,18-21,25-26H,2,4,6-8,12-14H2,1H3/b5-3-/t18-,19-,20-,21-/m1/s1. The highest BCUT2D eigenvalue weighted by atomic mass is 35.5. The summed E-state index contributed by atoms with van der Waals surface area (Å²) in [4.78, 5) is 11.3. The van der Waals surface area contributed by atoms with Gasteiger partial charge in [-0.1, -0.05) is 23.8 Å². The first-order chi connectivity index (χ1) is 13.9. The molecule has 5 nitrogen and oxygen atoms in total. The van der Waals surface area contributed by atoms with E-state index in [0.717, 1.165) is 19.3 Å². The third-order valence-electron chi connectivity index (χ3n) is 5.16. The second-order valence-corrected chi connectivity index (χ2v) is 8.31. The molecular weight excluding hydrogens is 415 g/mol. The molecule has 2 N–H and O–H groups in total. The van der Waals surface area contributed by atoms with Crippen LogP contribution in [0.3, 0.4) is 0 Å². The van der Waals surface area contributed by atoms with E-state index in [9.17, 15) is 15.0 Å². The lowest BCUT2D eigenvalue weighted by Crippen LogP contribution is -2.27. The molecule has 4 atom stereocenters. The summed E-state index contributed by atoms with van der Waals surface area (Å²) in [6.07, 6.45) is 6.86. The van der Waals surface area contributed by atoms with Crippen LogP contribution in [-0.2, 0) is 16.1 Å². The van der Waals surface area contributed by atoms with Gasteiger partial charge in [0.25, 0.3) is 0 Å². The Kier molecular flexibility index (Phi) is 10.3. The minimum Gasteiger partial charge on any atom is -0.493 e. The first-order valence-corrected chi connectivity index (χ1v) is 10.9. The highest BCUT2D eigenvalue weighted by molar-refractivity contribution is 6.30. The van der Waals surface area contributed by atoms with Gasteiger partial charge in [0.05, 0.1) is 25.9 Å². The summed E-state index contributed by atoms with van der Waals surface area (Å²) >= 11 is 12.5. The van der Waals surface area contributed by atoms with Crippen LogP contribution < -0.4 is 4.74 Å². The molecule has 0 saturated heterocycles. The Hall–Kier alpha value is -1.27. The van der Waals surface area contributed by atoms with Crippen molar-refractivity contribution in [3.8, 4) is 5.75 Å². The van der Waals surface area contributed by atoms with Crippen LogP contribution in [0, 0.1) is 11.8 Å². The van der Waals surface area contributed by atoms with E-state index in [1.54, 1.807) is 25.1 Å². The first kappa shape index (κ1) is 24.0. The molecule has 2 rings (SSSR count). The quantitative estimate of drug-likeness (QED) is 0.227. The van der Waals surface area contributed by atoms with E-state index in [4.69, 9.17) is 32.7 Å². The lowest BCUT2D eigenvalue weighted by molar-refractivity contribution is -0.143. The van der Waals surface area contributed by atoms with Gasteiger partial charge in [-0.15, -0.1) is 11.6 Å². The Morgan fingerprint density at radius 2 is 2.07 bits per heavy atom. The van der Waals surface area contributed by atoms with Gasteiger partial charge in [-0.25, -0.2) is 0 Å². The third-order valence-corrected chi connectivity index (χ3v) is 5.88. The second kappa shape index (κ2) is 12.4. The number of benzene rings is 1. The van der Waals surface area contributed by atoms with Crippen LogP contribution in [0.15, 0.2) is 30.4 Å². The number of alkyl halides is 1. The number of carbonyl (C=O) groups excluding carboxylic acids is 1. The van der Waals surface area contributed by atoms with E-state index in [2.05, 4.69) is 12.2 Å². The minimum atomic E-state index is -0.517. The maximum Gasteiger partial charge on any atom is 0.305 e. The minimum absolute atomic E-state index is 0.0850. The SMILES string of the molecule is CCOC(=O)CCC/C=C\C[C@@H]1[C@@H](COc2cc(Cl)cc(CO)c2)[C@H](O)C[C@H]1Cl. The van der Waals surface area contributed by atoms with Crippen LogP contribution in [0.2, 0.25) is 5.02 Å². The lowest BCUT2D eigenvalue weighted by Gasteiger charge is -2.23. The number of esters is 1. The van der Waals surface area contributed by atoms with E-state index in [1.807, 2.05) is 0 Å². The zero-order valence-corrected chi connectivity index (χ0v) is 18.2. The number of hydrogen-bond donors (Lipinski definition) is 2. The number of unbranched alkanes of at least 4 members (excludes halogenated alkanes) is 1. The molecule has 29 heavy (non-hydrogen) atoms. The topological polar surface area (TPSA) is 76.0 Å². The number of halogens is 2. The normalized spacial score (nSPS) is 24.2. The Morgan fingerprint density at radius 1 is 1.28 bits per heavy atom. The Morgan fingerprint density at radius 3 is 2.79 bits per heavy atom. The van der Waals surface area contributed by atoms with E-state index in [-0.39, 0.29) is 29.8 Å². The van der Waals surface area contributed by atoms with Crippen molar-refractivity contribution in [2.24, 2.45) is 11.8 Å². The van der Waals surface area contributed by atoms with Gasteiger partial charge in [0.2, 0.25) is 0 Å². The van der Waals surface area contributed by atoms with Crippen LogP contribution in [0.4, 0.5) is 0 Å². The zero-order chi connectivity index (χ0) is 21.2. The van der Waals surface area contributed by atoms with Crippen LogP contribution in [0.5, 0.6) is 5.75 Å². The van der Waals surface area contributed by atoms with E-state index in [1.165, 1.54) is 0 Å². The van der Waals surface area contributed by atoms with Crippen molar-refractivity contribution in [3.05, 3.63) is 40.9 Å². The van der Waals surface area contributed by atoms with Crippen molar-refractivity contribution in [1.29, 1.82) is 0 Å². The molecule has 1 aromatic carbocycles. The summed E-state index contributed by atoms with van der Waals surface area (Å²) in [7, 11) is 0. The molecule has 7 heteroatoms. The van der Waals surface area contributed by atoms with Gasteiger partial charge in [0, 0.05) is 22.7 Å². The van der Waals surface area contributed by atoms with Gasteiger partial charge in [-0.05, 0) is 62.3 Å². The van der Waals surface area contributed by atoms with Gasteiger partial charge in [0.15, 0.2) is 0 Å². The molecule has 162 valence electrons. The maximum atomic E-state index is 11.3. The van der Waals surface area contributed by atoms with Crippen molar-refractivity contribution < 1.29 is 24.5 Å². The number of carbonyl (C=O) groups is 1. The summed E-state index contributed by atoms with van der Waals surface area (Å²) in [5.41, 5.74) is 0.678. The molecule has 1 aliphatic rings. The fourth-order valence-electron chi connectivity index (χ4n) is 3.65. The molecule has 1 fully saturated rings. The van der Waals surface area contributed by atoms with Gasteiger partial charge in [-0.3, -0.25) is 4.79 Å². The third kappa shape index (κ3) is 7.82. The van der Waals surface area contributed by atoms with Gasteiger partial charge in [-0.2, -0.15) is 0 Å². The number of aliphatic hydroxyl groups is 2. The molecule has 1 aromatic rings. The maximum absolute atomic E-state index is 11.3. The molecule has 0 aromatic heterocycles. The number of allylic oxidation sites excluding steroid dienone is 2. The fraction of sp³-hybridized carbons (Fsp3) is 0.591. The van der Waals surface area contributed by atoms with E-state index < -0.39 is 6.10 Å². The molecule has 0 aliphatic heterocycles. The predicted octanol–water partition coefficient (Wildman–Crippen LogP) is 4.50. The van der Waals surface area contributed by atoms with Crippen molar-refractivity contribution in [2.75, 3.05) is 13.2 Å². The van der Waals surface area contributed by atoms with Crippen molar-refractivity contribution in [3.63, 3.8) is 0 Å². The highest BCUT2D eigenvalue weighted by Crippen LogP contribution is 2.39. The molecule has 0 amide bonds.